The van der Waals surface area contributed by atoms with Gasteiger partial charge in [0.15, 0.2) is 0 Å². The lowest BCUT2D eigenvalue weighted by atomic mass is 9.88. The molecule has 2 aliphatic rings. The number of methoxy groups -OCH3 is 1. The molecule has 2 saturated heterocycles. The first-order valence-corrected chi connectivity index (χ1v) is 11.6. The number of hydrogen-bond donors (Lipinski definition) is 0. The van der Waals surface area contributed by atoms with Crippen LogP contribution in [0, 0.1) is 5.92 Å². The number of halogens is 2. The third-order valence-electron chi connectivity index (χ3n) is 5.59. The van der Waals surface area contributed by atoms with Crippen molar-refractivity contribution in [3.8, 4) is 0 Å². The van der Waals surface area contributed by atoms with E-state index in [0.717, 1.165) is 0 Å². The van der Waals surface area contributed by atoms with E-state index < -0.39 is 28.0 Å². The van der Waals surface area contributed by atoms with E-state index in [1.807, 2.05) is 0 Å². The number of piperidine rings is 1. The number of fused-ring (bicyclic) bond motifs is 2. The molecular formula is C19H24Cl2N2O5S. The minimum atomic E-state index is -4.10. The molecule has 1 aromatic rings. The molecule has 2 heterocycles. The molecule has 0 saturated carbocycles. The van der Waals surface area contributed by atoms with Crippen LogP contribution in [-0.2, 0) is 24.3 Å². The van der Waals surface area contributed by atoms with Gasteiger partial charge in [0.05, 0.1) is 17.4 Å². The fourth-order valence-electron chi connectivity index (χ4n) is 4.22. The van der Waals surface area contributed by atoms with Gasteiger partial charge in [0, 0.05) is 36.3 Å². The van der Waals surface area contributed by atoms with Crippen LogP contribution >= 0.6 is 23.2 Å². The quantitative estimate of drug-likeness (QED) is 0.648. The summed E-state index contributed by atoms with van der Waals surface area (Å²) < 4.78 is 33.5. The second-order valence-corrected chi connectivity index (χ2v) is 10.2. The van der Waals surface area contributed by atoms with Crippen molar-refractivity contribution < 1.29 is 22.7 Å². The maximum atomic E-state index is 13.6. The van der Waals surface area contributed by atoms with Crippen LogP contribution in [0.2, 0.25) is 10.0 Å². The van der Waals surface area contributed by atoms with E-state index >= 15 is 0 Å². The number of nitrogens with zero attached hydrogens (tertiary/aromatic N) is 2. The Morgan fingerprint density at radius 1 is 1.21 bits per heavy atom. The van der Waals surface area contributed by atoms with E-state index in [1.54, 1.807) is 4.90 Å². The third-order valence-corrected chi connectivity index (χ3v) is 7.94. The summed E-state index contributed by atoms with van der Waals surface area (Å²) >= 11 is 12.1. The van der Waals surface area contributed by atoms with E-state index in [2.05, 4.69) is 0 Å². The highest BCUT2D eigenvalue weighted by Gasteiger charge is 2.51. The molecule has 160 valence electrons. The van der Waals surface area contributed by atoms with Gasteiger partial charge in [-0.05, 0) is 44.4 Å². The minimum absolute atomic E-state index is 0.0765. The van der Waals surface area contributed by atoms with Crippen molar-refractivity contribution in [1.29, 1.82) is 0 Å². The second-order valence-electron chi connectivity index (χ2n) is 7.45. The molecule has 29 heavy (non-hydrogen) atoms. The van der Waals surface area contributed by atoms with Gasteiger partial charge in [-0.3, -0.25) is 9.59 Å². The molecule has 1 amide bonds. The Morgan fingerprint density at radius 3 is 2.45 bits per heavy atom. The fourth-order valence-corrected chi connectivity index (χ4v) is 6.81. The lowest BCUT2D eigenvalue weighted by Crippen LogP contribution is -2.55. The Balaban J connectivity index is 2.10. The van der Waals surface area contributed by atoms with Gasteiger partial charge in [0.1, 0.15) is 11.8 Å². The molecule has 1 aromatic carbocycles. The number of ketones is 1. The van der Waals surface area contributed by atoms with Crippen LogP contribution in [-0.4, -0.2) is 68.2 Å². The average Bonchev–Trinajstić information content (AvgIpc) is 2.72. The Morgan fingerprint density at radius 2 is 1.86 bits per heavy atom. The van der Waals surface area contributed by atoms with Crippen LogP contribution < -0.4 is 0 Å². The molecule has 7 nitrogen and oxygen atoms in total. The van der Waals surface area contributed by atoms with Crippen LogP contribution in [0.1, 0.15) is 26.2 Å². The van der Waals surface area contributed by atoms with E-state index in [9.17, 15) is 18.0 Å². The Bertz CT molecular complexity index is 888. The third kappa shape index (κ3) is 4.46. The van der Waals surface area contributed by atoms with E-state index in [1.165, 1.54) is 36.5 Å². The number of ether oxygens (including phenoxy) is 1. The molecule has 2 aliphatic heterocycles. The van der Waals surface area contributed by atoms with Crippen molar-refractivity contribution >= 4 is 44.9 Å². The summed E-state index contributed by atoms with van der Waals surface area (Å²) in [6.45, 7) is 2.24. The molecule has 3 atom stereocenters. The number of benzene rings is 1. The molecule has 10 heteroatoms. The Labute approximate surface area is 180 Å². The lowest BCUT2D eigenvalue weighted by molar-refractivity contribution is -0.135. The Hall–Kier alpha value is -1.19. The number of carbonyl (C=O) groups excluding carboxylic acids is 2. The number of amides is 1. The summed E-state index contributed by atoms with van der Waals surface area (Å²) in [6, 6.07) is 2.63. The first kappa shape index (κ1) is 22.5. The first-order valence-electron chi connectivity index (χ1n) is 9.44. The van der Waals surface area contributed by atoms with Crippen molar-refractivity contribution in [3.63, 3.8) is 0 Å². The monoisotopic (exact) mass is 462 g/mol. The lowest BCUT2D eigenvalue weighted by Gasteiger charge is -2.40. The molecule has 2 unspecified atom stereocenters. The smallest absolute Gasteiger partial charge is 0.244 e. The highest BCUT2D eigenvalue weighted by atomic mass is 35.5. The molecule has 0 N–H and O–H groups in total. The molecule has 0 radical (unpaired) electrons. The Kier molecular flexibility index (Phi) is 6.90. The maximum absolute atomic E-state index is 13.6. The van der Waals surface area contributed by atoms with Crippen molar-refractivity contribution in [2.24, 2.45) is 5.92 Å². The zero-order valence-corrected chi connectivity index (χ0v) is 18.6. The van der Waals surface area contributed by atoms with Crippen LogP contribution in [0.15, 0.2) is 23.1 Å². The van der Waals surface area contributed by atoms with Crippen molar-refractivity contribution in [2.75, 3.05) is 26.8 Å². The van der Waals surface area contributed by atoms with Crippen LogP contribution in [0.3, 0.4) is 0 Å². The van der Waals surface area contributed by atoms with Crippen molar-refractivity contribution in [1.82, 2.24) is 9.21 Å². The van der Waals surface area contributed by atoms with Gasteiger partial charge in [-0.1, -0.05) is 23.2 Å². The highest BCUT2D eigenvalue weighted by molar-refractivity contribution is 7.89. The number of hydrogen-bond acceptors (Lipinski definition) is 5. The molecule has 2 bridgehead atoms. The van der Waals surface area contributed by atoms with Gasteiger partial charge in [-0.2, -0.15) is 4.31 Å². The van der Waals surface area contributed by atoms with Gasteiger partial charge >= 0.3 is 0 Å². The predicted molar refractivity (Wildman–Crippen MR) is 110 cm³/mol. The standard InChI is InChI=1S/C19H24Cl2N2O5S/c1-12(24)16-11-22(6-7-28-2)19(25)18-5-3-4-17(16)23(18)29(26,27)15-9-13(20)8-14(21)10-15/h8-10,16-18H,3-7,11H2,1-2H3/t16-,17?,18?/m1/s1. The zero-order valence-electron chi connectivity index (χ0n) is 16.3. The van der Waals surface area contributed by atoms with Gasteiger partial charge in [0.25, 0.3) is 0 Å². The summed E-state index contributed by atoms with van der Waals surface area (Å²) in [5.74, 6) is -1.05. The summed E-state index contributed by atoms with van der Waals surface area (Å²) in [6.07, 6.45) is 1.59. The normalized spacial score (nSPS) is 25.7. The van der Waals surface area contributed by atoms with Gasteiger partial charge in [0.2, 0.25) is 15.9 Å². The highest BCUT2D eigenvalue weighted by Crippen LogP contribution is 2.38. The summed E-state index contributed by atoms with van der Waals surface area (Å²) in [4.78, 5) is 27.2. The predicted octanol–water partition coefficient (Wildman–Crippen LogP) is 2.60. The number of Topliss-reactive ketones (excluding diaryl/α,β-unsaturated/α-hetero) is 1. The van der Waals surface area contributed by atoms with E-state index in [-0.39, 0.29) is 33.2 Å². The number of rotatable bonds is 6. The molecular weight excluding hydrogens is 439 g/mol. The summed E-state index contributed by atoms with van der Waals surface area (Å²) in [5, 5.41) is 0.374. The number of sulfonamides is 1. The van der Waals surface area contributed by atoms with E-state index in [0.29, 0.717) is 32.4 Å². The largest absolute Gasteiger partial charge is 0.383 e. The van der Waals surface area contributed by atoms with Crippen LogP contribution in [0.5, 0.6) is 0 Å². The van der Waals surface area contributed by atoms with Crippen LogP contribution in [0.4, 0.5) is 0 Å². The first-order chi connectivity index (χ1) is 13.7. The van der Waals surface area contributed by atoms with Gasteiger partial charge < -0.3 is 9.64 Å². The summed E-state index contributed by atoms with van der Waals surface area (Å²) in [7, 11) is -2.57. The zero-order chi connectivity index (χ0) is 21.3. The fraction of sp³-hybridized carbons (Fsp3) is 0.579. The van der Waals surface area contributed by atoms with Gasteiger partial charge in [-0.15, -0.1) is 0 Å². The molecule has 3 rings (SSSR count). The van der Waals surface area contributed by atoms with Crippen LogP contribution in [0.25, 0.3) is 0 Å². The molecule has 2 fully saturated rings. The maximum Gasteiger partial charge on any atom is 0.244 e. The minimum Gasteiger partial charge on any atom is -0.383 e. The SMILES string of the molecule is COCCN1C[C@H](C(C)=O)C2CCCC(C1=O)N2S(=O)(=O)c1cc(Cl)cc(Cl)c1. The van der Waals surface area contributed by atoms with Crippen molar-refractivity contribution in [2.45, 2.75) is 43.2 Å². The van der Waals surface area contributed by atoms with Gasteiger partial charge in [-0.25, -0.2) is 8.42 Å². The molecule has 0 spiro atoms. The molecule has 0 aromatic heterocycles. The topological polar surface area (TPSA) is 84.0 Å². The average molecular weight is 463 g/mol. The van der Waals surface area contributed by atoms with Crippen molar-refractivity contribution in [3.05, 3.63) is 28.2 Å². The second kappa shape index (κ2) is 8.89. The summed E-state index contributed by atoms with van der Waals surface area (Å²) in [5.41, 5.74) is 0. The number of carbonyl (C=O) groups is 2. The van der Waals surface area contributed by atoms with E-state index in [4.69, 9.17) is 27.9 Å². The molecule has 0 aliphatic carbocycles.